The molecule has 2 aliphatic rings. The van der Waals surface area contributed by atoms with E-state index in [1.807, 2.05) is 0 Å². The van der Waals surface area contributed by atoms with E-state index in [-0.39, 0.29) is 0 Å². The van der Waals surface area contributed by atoms with E-state index in [0.717, 1.165) is 18.4 Å². The fourth-order valence-electron chi connectivity index (χ4n) is 4.06. The summed E-state index contributed by atoms with van der Waals surface area (Å²) in [4.78, 5) is 2.74. The number of rotatable bonds is 7. The lowest BCUT2D eigenvalue weighted by Gasteiger charge is -2.58. The van der Waals surface area contributed by atoms with Crippen molar-refractivity contribution >= 4 is 0 Å². The second-order valence-corrected chi connectivity index (χ2v) is 6.03. The molecule has 0 aromatic heterocycles. The average molecular weight is 238 g/mol. The zero-order valence-electron chi connectivity index (χ0n) is 11.8. The van der Waals surface area contributed by atoms with Crippen molar-refractivity contribution in [1.29, 1.82) is 0 Å². The summed E-state index contributed by atoms with van der Waals surface area (Å²) in [6, 6.07) is 0. The van der Waals surface area contributed by atoms with Gasteiger partial charge in [-0.15, -0.1) is 0 Å². The van der Waals surface area contributed by atoms with E-state index in [4.69, 9.17) is 5.73 Å². The SMILES string of the molecule is CCCN(CC)C(CN)(C1CCC1)C1CCC1. The summed E-state index contributed by atoms with van der Waals surface area (Å²) in [5.41, 5.74) is 6.66. The summed E-state index contributed by atoms with van der Waals surface area (Å²) < 4.78 is 0. The van der Waals surface area contributed by atoms with Crippen LogP contribution in [0.15, 0.2) is 0 Å². The summed E-state index contributed by atoms with van der Waals surface area (Å²) >= 11 is 0. The first-order valence-corrected chi connectivity index (χ1v) is 7.74. The van der Waals surface area contributed by atoms with Gasteiger partial charge in [-0.25, -0.2) is 0 Å². The van der Waals surface area contributed by atoms with Gasteiger partial charge in [0.1, 0.15) is 0 Å². The Morgan fingerprint density at radius 1 is 1.06 bits per heavy atom. The van der Waals surface area contributed by atoms with E-state index in [9.17, 15) is 0 Å². The lowest BCUT2D eigenvalue weighted by molar-refractivity contribution is -0.0653. The normalized spacial score (nSPS) is 22.6. The molecule has 2 heteroatoms. The fourth-order valence-corrected chi connectivity index (χ4v) is 4.06. The van der Waals surface area contributed by atoms with Gasteiger partial charge in [0, 0.05) is 12.1 Å². The van der Waals surface area contributed by atoms with Gasteiger partial charge in [0.05, 0.1) is 0 Å². The Labute approximate surface area is 107 Å². The van der Waals surface area contributed by atoms with E-state index < -0.39 is 0 Å². The summed E-state index contributed by atoms with van der Waals surface area (Å²) in [6.07, 6.45) is 9.82. The van der Waals surface area contributed by atoms with E-state index in [1.165, 1.54) is 58.0 Å². The maximum Gasteiger partial charge on any atom is 0.0387 e. The topological polar surface area (TPSA) is 29.3 Å². The van der Waals surface area contributed by atoms with Gasteiger partial charge in [-0.05, 0) is 57.0 Å². The van der Waals surface area contributed by atoms with Gasteiger partial charge in [-0.2, -0.15) is 0 Å². The lowest BCUT2D eigenvalue weighted by atomic mass is 9.58. The molecule has 0 radical (unpaired) electrons. The van der Waals surface area contributed by atoms with E-state index in [2.05, 4.69) is 18.7 Å². The molecule has 2 rings (SSSR count). The molecule has 100 valence electrons. The highest BCUT2D eigenvalue weighted by molar-refractivity contribution is 5.06. The van der Waals surface area contributed by atoms with E-state index in [1.54, 1.807) is 0 Å². The molecule has 0 heterocycles. The molecule has 0 spiro atoms. The molecule has 0 aromatic rings. The highest BCUT2D eigenvalue weighted by Crippen LogP contribution is 2.50. The zero-order chi connectivity index (χ0) is 12.3. The van der Waals surface area contributed by atoms with Crippen molar-refractivity contribution in [3.8, 4) is 0 Å². The molecule has 2 N–H and O–H groups in total. The molecule has 0 aromatic carbocycles. The molecule has 0 unspecified atom stereocenters. The van der Waals surface area contributed by atoms with Crippen LogP contribution in [0.3, 0.4) is 0 Å². The van der Waals surface area contributed by atoms with Crippen LogP contribution in [0.5, 0.6) is 0 Å². The Kier molecular flexibility index (Phi) is 4.48. The first kappa shape index (κ1) is 13.4. The minimum absolute atomic E-state index is 0.362. The lowest BCUT2D eigenvalue weighted by Crippen LogP contribution is -2.65. The van der Waals surface area contributed by atoms with Crippen LogP contribution in [0, 0.1) is 11.8 Å². The van der Waals surface area contributed by atoms with Gasteiger partial charge in [0.15, 0.2) is 0 Å². The Morgan fingerprint density at radius 3 is 1.82 bits per heavy atom. The number of likely N-dealkylation sites (N-methyl/N-ethyl adjacent to an activating group) is 1. The van der Waals surface area contributed by atoms with Gasteiger partial charge in [0.2, 0.25) is 0 Å². The van der Waals surface area contributed by atoms with Crippen LogP contribution in [-0.4, -0.2) is 30.1 Å². The van der Waals surface area contributed by atoms with Crippen molar-refractivity contribution in [2.75, 3.05) is 19.6 Å². The molecule has 0 saturated heterocycles. The zero-order valence-corrected chi connectivity index (χ0v) is 11.8. The fraction of sp³-hybridized carbons (Fsp3) is 1.00. The van der Waals surface area contributed by atoms with Crippen LogP contribution < -0.4 is 5.73 Å². The van der Waals surface area contributed by atoms with Crippen molar-refractivity contribution in [2.45, 2.75) is 64.3 Å². The first-order valence-electron chi connectivity index (χ1n) is 7.74. The van der Waals surface area contributed by atoms with Crippen LogP contribution >= 0.6 is 0 Å². The maximum absolute atomic E-state index is 6.29. The third-order valence-electron chi connectivity index (χ3n) is 5.42. The number of hydrogen-bond acceptors (Lipinski definition) is 2. The Bertz CT molecular complexity index is 217. The molecular weight excluding hydrogens is 208 g/mol. The predicted octanol–water partition coefficient (Wildman–Crippen LogP) is 3.02. The molecule has 17 heavy (non-hydrogen) atoms. The number of nitrogens with two attached hydrogens (primary N) is 1. The first-order chi connectivity index (χ1) is 8.29. The number of hydrogen-bond donors (Lipinski definition) is 1. The van der Waals surface area contributed by atoms with Crippen molar-refractivity contribution in [3.05, 3.63) is 0 Å². The Hall–Kier alpha value is -0.0800. The van der Waals surface area contributed by atoms with Crippen molar-refractivity contribution in [3.63, 3.8) is 0 Å². The van der Waals surface area contributed by atoms with Gasteiger partial charge >= 0.3 is 0 Å². The second kappa shape index (κ2) is 5.71. The highest BCUT2D eigenvalue weighted by atomic mass is 15.2. The summed E-state index contributed by atoms with van der Waals surface area (Å²) in [7, 11) is 0. The predicted molar refractivity (Wildman–Crippen MR) is 74.0 cm³/mol. The molecular formula is C15H30N2. The minimum Gasteiger partial charge on any atom is -0.329 e. The third kappa shape index (κ3) is 2.15. The summed E-state index contributed by atoms with van der Waals surface area (Å²) in [5.74, 6) is 1.79. The largest absolute Gasteiger partial charge is 0.329 e. The molecule has 0 atom stereocenters. The van der Waals surface area contributed by atoms with Gasteiger partial charge < -0.3 is 5.73 Å². The van der Waals surface area contributed by atoms with Crippen molar-refractivity contribution in [1.82, 2.24) is 4.90 Å². The van der Waals surface area contributed by atoms with E-state index >= 15 is 0 Å². The van der Waals surface area contributed by atoms with Crippen LogP contribution in [0.2, 0.25) is 0 Å². The molecule has 2 saturated carbocycles. The quantitative estimate of drug-likeness (QED) is 0.739. The smallest absolute Gasteiger partial charge is 0.0387 e. The van der Waals surface area contributed by atoms with Crippen LogP contribution in [0.1, 0.15) is 58.8 Å². The van der Waals surface area contributed by atoms with Gasteiger partial charge in [0.25, 0.3) is 0 Å². The average Bonchev–Trinajstić information content (AvgIpc) is 2.19. The van der Waals surface area contributed by atoms with Crippen LogP contribution in [0.4, 0.5) is 0 Å². The second-order valence-electron chi connectivity index (χ2n) is 6.03. The monoisotopic (exact) mass is 238 g/mol. The van der Waals surface area contributed by atoms with Crippen LogP contribution in [0.25, 0.3) is 0 Å². The van der Waals surface area contributed by atoms with Crippen molar-refractivity contribution in [2.24, 2.45) is 17.6 Å². The Morgan fingerprint density at radius 2 is 1.59 bits per heavy atom. The molecule has 2 nitrogen and oxygen atoms in total. The number of nitrogens with zero attached hydrogens (tertiary/aromatic N) is 1. The van der Waals surface area contributed by atoms with Crippen LogP contribution in [-0.2, 0) is 0 Å². The third-order valence-corrected chi connectivity index (χ3v) is 5.42. The minimum atomic E-state index is 0.362. The molecule has 2 fully saturated rings. The Balaban J connectivity index is 2.18. The molecule has 0 bridgehead atoms. The summed E-state index contributed by atoms with van der Waals surface area (Å²) in [6.45, 7) is 7.91. The standard InChI is InChI=1S/C15H30N2/c1-3-11-17(4-2)15(12-16,13-7-5-8-13)14-9-6-10-14/h13-14H,3-12,16H2,1-2H3. The summed E-state index contributed by atoms with van der Waals surface area (Å²) in [5, 5.41) is 0. The van der Waals surface area contributed by atoms with Gasteiger partial charge in [-0.3, -0.25) is 4.90 Å². The van der Waals surface area contributed by atoms with Gasteiger partial charge in [-0.1, -0.05) is 26.7 Å². The molecule has 2 aliphatic carbocycles. The molecule has 0 aliphatic heterocycles. The van der Waals surface area contributed by atoms with Crippen molar-refractivity contribution < 1.29 is 0 Å². The van der Waals surface area contributed by atoms with E-state index in [0.29, 0.717) is 5.54 Å². The highest BCUT2D eigenvalue weighted by Gasteiger charge is 2.51. The molecule has 0 amide bonds. The maximum atomic E-state index is 6.29.